The van der Waals surface area contributed by atoms with E-state index in [0.29, 0.717) is 19.7 Å². The van der Waals surface area contributed by atoms with E-state index < -0.39 is 11.0 Å². The zero-order chi connectivity index (χ0) is 21.4. The fraction of sp³-hybridized carbons (Fsp3) is 0.522. The molecule has 2 aliphatic heterocycles. The van der Waals surface area contributed by atoms with E-state index in [4.69, 9.17) is 9.47 Å². The first kappa shape index (κ1) is 21.1. The van der Waals surface area contributed by atoms with Crippen LogP contribution in [0.2, 0.25) is 0 Å². The van der Waals surface area contributed by atoms with Gasteiger partial charge in [0.1, 0.15) is 17.6 Å². The molecule has 3 aliphatic rings. The fourth-order valence-corrected chi connectivity index (χ4v) is 6.39. The highest BCUT2D eigenvalue weighted by atomic mass is 32.2. The number of anilines is 1. The van der Waals surface area contributed by atoms with Gasteiger partial charge in [-0.25, -0.2) is 13.3 Å². The molecule has 1 aromatic rings. The molecule has 0 N–H and O–H groups in total. The Labute approximate surface area is 181 Å². The molecule has 0 aromatic heterocycles. The smallest absolute Gasteiger partial charge is 0.414 e. The maximum atomic E-state index is 13.5. The molecular weight excluding hydrogens is 400 g/mol. The number of allylic oxidation sites excluding steroid dienone is 4. The summed E-state index contributed by atoms with van der Waals surface area (Å²) in [5, 5.41) is 0. The highest BCUT2D eigenvalue weighted by Gasteiger charge is 2.37. The van der Waals surface area contributed by atoms with Gasteiger partial charge in [0.25, 0.3) is 0 Å². The quantitative estimate of drug-likeness (QED) is 0.712. The second-order valence-corrected chi connectivity index (χ2v) is 9.79. The Kier molecular flexibility index (Phi) is 6.02. The number of benzene rings is 1. The van der Waals surface area contributed by atoms with Crippen molar-refractivity contribution in [3.05, 3.63) is 52.1 Å². The molecule has 6 nitrogen and oxygen atoms in total. The molecule has 3 unspecified atom stereocenters. The molecule has 0 radical (unpaired) electrons. The number of hydrogen-bond donors (Lipinski definition) is 0. The minimum absolute atomic E-state index is 0.0602. The molecule has 0 saturated carbocycles. The summed E-state index contributed by atoms with van der Waals surface area (Å²) in [4.78, 5) is 15.3. The number of piperidine rings is 1. The Morgan fingerprint density at radius 3 is 2.53 bits per heavy atom. The summed E-state index contributed by atoms with van der Waals surface area (Å²) in [6.07, 6.45) is 3.28. The van der Waals surface area contributed by atoms with Crippen LogP contribution >= 0.6 is 0 Å². The summed E-state index contributed by atoms with van der Waals surface area (Å²) in [6.45, 7) is 7.96. The number of amides is 1. The van der Waals surface area contributed by atoms with Gasteiger partial charge in [-0.3, -0.25) is 4.90 Å². The number of rotatable bonds is 4. The molecular formula is C23H30N2O4S. The number of para-hydroxylation sites is 1. The van der Waals surface area contributed by atoms with E-state index in [9.17, 15) is 9.00 Å². The van der Waals surface area contributed by atoms with Crippen LogP contribution < -0.4 is 4.90 Å². The van der Waals surface area contributed by atoms with Crippen LogP contribution in [0.5, 0.6) is 0 Å². The highest BCUT2D eigenvalue weighted by molar-refractivity contribution is 7.86. The van der Waals surface area contributed by atoms with Gasteiger partial charge in [0.2, 0.25) is 0 Å². The lowest BCUT2D eigenvalue weighted by molar-refractivity contribution is 0.136. The number of methoxy groups -OCH3 is 1. The number of hydrogen-bond acceptors (Lipinski definition) is 4. The SMILES string of the molecule is COC1=CC(C)=C(S(=O)N2CCC(N3C(=O)OCc4ccccc43)CC2)C(C)C1C. The molecule has 1 saturated heterocycles. The Morgan fingerprint density at radius 2 is 1.83 bits per heavy atom. The van der Waals surface area contributed by atoms with Crippen molar-refractivity contribution >= 4 is 22.8 Å². The summed E-state index contributed by atoms with van der Waals surface area (Å²) >= 11 is 0. The molecule has 30 heavy (non-hydrogen) atoms. The first-order chi connectivity index (χ1) is 14.4. The van der Waals surface area contributed by atoms with Crippen LogP contribution in [0, 0.1) is 11.8 Å². The van der Waals surface area contributed by atoms with Gasteiger partial charge in [-0.15, -0.1) is 0 Å². The predicted molar refractivity (Wildman–Crippen MR) is 118 cm³/mol. The van der Waals surface area contributed by atoms with Gasteiger partial charge in [-0.05, 0) is 37.5 Å². The van der Waals surface area contributed by atoms with E-state index in [1.165, 1.54) is 0 Å². The van der Waals surface area contributed by atoms with Crippen molar-refractivity contribution in [2.24, 2.45) is 11.8 Å². The van der Waals surface area contributed by atoms with Gasteiger partial charge in [0, 0.05) is 41.4 Å². The van der Waals surface area contributed by atoms with Gasteiger partial charge in [0.05, 0.1) is 18.6 Å². The van der Waals surface area contributed by atoms with Crippen molar-refractivity contribution in [3.63, 3.8) is 0 Å². The molecule has 162 valence electrons. The van der Waals surface area contributed by atoms with Crippen LogP contribution in [0.1, 0.15) is 39.2 Å². The van der Waals surface area contributed by atoms with Crippen molar-refractivity contribution in [1.29, 1.82) is 0 Å². The van der Waals surface area contributed by atoms with E-state index in [0.717, 1.165) is 40.3 Å². The summed E-state index contributed by atoms with van der Waals surface area (Å²) in [5.74, 6) is 1.31. The van der Waals surface area contributed by atoms with Gasteiger partial charge in [0.15, 0.2) is 0 Å². The maximum absolute atomic E-state index is 13.5. The molecule has 2 heterocycles. The number of fused-ring (bicyclic) bond motifs is 1. The molecule has 0 bridgehead atoms. The normalized spacial score (nSPS) is 26.7. The Hall–Kier alpha value is -2.12. The predicted octanol–water partition coefficient (Wildman–Crippen LogP) is 4.36. The minimum Gasteiger partial charge on any atom is -0.501 e. The Bertz CT molecular complexity index is 918. The van der Waals surface area contributed by atoms with Gasteiger partial charge >= 0.3 is 6.09 Å². The molecule has 1 aliphatic carbocycles. The van der Waals surface area contributed by atoms with Crippen LogP contribution in [0.3, 0.4) is 0 Å². The number of ether oxygens (including phenoxy) is 2. The van der Waals surface area contributed by atoms with Crippen molar-refractivity contribution in [2.75, 3.05) is 25.1 Å². The monoisotopic (exact) mass is 430 g/mol. The first-order valence-corrected chi connectivity index (χ1v) is 11.7. The van der Waals surface area contributed by atoms with Gasteiger partial charge in [-0.2, -0.15) is 0 Å². The standard InChI is InChI=1S/C23H30N2O4S/c1-15-13-21(28-4)16(2)17(3)22(15)30(27)24-11-9-19(10-12-24)25-20-8-6-5-7-18(20)14-29-23(25)26/h5-8,13,16-17,19H,9-12,14H2,1-4H3. The van der Waals surface area contributed by atoms with Crippen LogP contribution in [0.25, 0.3) is 0 Å². The van der Waals surface area contributed by atoms with E-state index in [1.807, 2.05) is 41.6 Å². The Morgan fingerprint density at radius 1 is 1.13 bits per heavy atom. The van der Waals surface area contributed by atoms with Crippen LogP contribution in [-0.2, 0) is 27.1 Å². The minimum atomic E-state index is -1.19. The third-order valence-corrected chi connectivity index (χ3v) is 8.51. The third kappa shape index (κ3) is 3.69. The van der Waals surface area contributed by atoms with Gasteiger partial charge < -0.3 is 9.47 Å². The summed E-state index contributed by atoms with van der Waals surface area (Å²) in [7, 11) is 0.507. The zero-order valence-corrected chi connectivity index (χ0v) is 18.9. The molecule has 1 aromatic carbocycles. The van der Waals surface area contributed by atoms with Crippen LogP contribution in [-0.4, -0.2) is 40.8 Å². The number of carbonyl (C=O) groups excluding carboxylic acids is 1. The van der Waals surface area contributed by atoms with E-state index in [1.54, 1.807) is 12.0 Å². The van der Waals surface area contributed by atoms with Crippen molar-refractivity contribution in [1.82, 2.24) is 4.31 Å². The summed E-state index contributed by atoms with van der Waals surface area (Å²) in [5.41, 5.74) is 3.01. The number of cyclic esters (lactones) is 1. The first-order valence-electron chi connectivity index (χ1n) is 10.6. The average Bonchev–Trinajstić information content (AvgIpc) is 2.76. The summed E-state index contributed by atoms with van der Waals surface area (Å²) < 4.78 is 26.4. The van der Waals surface area contributed by atoms with Crippen molar-refractivity contribution in [3.8, 4) is 0 Å². The van der Waals surface area contributed by atoms with E-state index in [2.05, 4.69) is 13.8 Å². The van der Waals surface area contributed by atoms with Crippen molar-refractivity contribution < 1.29 is 18.5 Å². The molecule has 1 fully saturated rings. The molecule has 1 amide bonds. The topological polar surface area (TPSA) is 59.1 Å². The lowest BCUT2D eigenvalue weighted by Crippen LogP contribution is -2.50. The summed E-state index contributed by atoms with van der Waals surface area (Å²) in [6, 6.07) is 7.97. The Balaban J connectivity index is 1.48. The highest BCUT2D eigenvalue weighted by Crippen LogP contribution is 2.38. The zero-order valence-electron chi connectivity index (χ0n) is 18.1. The lowest BCUT2D eigenvalue weighted by Gasteiger charge is -2.40. The van der Waals surface area contributed by atoms with E-state index in [-0.39, 0.29) is 24.0 Å². The fourth-order valence-electron chi connectivity index (χ4n) is 4.72. The van der Waals surface area contributed by atoms with Crippen LogP contribution in [0.4, 0.5) is 10.5 Å². The third-order valence-electron chi connectivity index (χ3n) is 6.61. The second-order valence-electron chi connectivity index (χ2n) is 8.34. The maximum Gasteiger partial charge on any atom is 0.414 e. The molecule has 4 rings (SSSR count). The van der Waals surface area contributed by atoms with E-state index >= 15 is 0 Å². The molecule has 7 heteroatoms. The average molecular weight is 431 g/mol. The van der Waals surface area contributed by atoms with Crippen LogP contribution in [0.15, 0.2) is 46.6 Å². The second kappa shape index (κ2) is 8.55. The van der Waals surface area contributed by atoms with Crippen molar-refractivity contribution in [2.45, 2.75) is 46.3 Å². The lowest BCUT2D eigenvalue weighted by atomic mass is 9.87. The number of nitrogens with zero attached hydrogens (tertiary/aromatic N) is 2. The largest absolute Gasteiger partial charge is 0.501 e. The molecule has 3 atom stereocenters. The number of carbonyl (C=O) groups is 1. The van der Waals surface area contributed by atoms with Gasteiger partial charge in [-0.1, -0.05) is 32.0 Å². The molecule has 0 spiro atoms.